The van der Waals surface area contributed by atoms with Gasteiger partial charge in [-0.25, -0.2) is 14.8 Å². The molecule has 0 aliphatic carbocycles. The molecule has 1 aromatic heterocycles. The Morgan fingerprint density at radius 2 is 1.56 bits per heavy atom. The van der Waals surface area contributed by atoms with E-state index in [1.807, 2.05) is 25.1 Å². The smallest absolute Gasteiger partial charge is 0.336 e. The fraction of sp³-hybridized carbons (Fsp3) is 0.222. The molecule has 0 saturated carbocycles. The zero-order valence-corrected chi connectivity index (χ0v) is 18.0. The molecular formula is C27H25N3O2. The van der Waals surface area contributed by atoms with Crippen molar-refractivity contribution in [2.75, 3.05) is 18.0 Å². The van der Waals surface area contributed by atoms with Crippen LogP contribution in [0.1, 0.15) is 40.2 Å². The van der Waals surface area contributed by atoms with E-state index in [0.29, 0.717) is 22.5 Å². The maximum atomic E-state index is 11.7. The maximum absolute atomic E-state index is 11.7. The molecule has 1 N–H and O–H groups in total. The Morgan fingerprint density at radius 3 is 2.22 bits per heavy atom. The lowest BCUT2D eigenvalue weighted by molar-refractivity contribution is 0.0696. The summed E-state index contributed by atoms with van der Waals surface area (Å²) in [7, 11) is 0. The number of hydrogen-bond acceptors (Lipinski definition) is 4. The average molecular weight is 424 g/mol. The van der Waals surface area contributed by atoms with Crippen LogP contribution in [0.4, 0.5) is 5.82 Å². The van der Waals surface area contributed by atoms with Gasteiger partial charge < -0.3 is 10.0 Å². The number of benzene rings is 3. The number of carbonyl (C=O) groups is 1. The average Bonchev–Trinajstić information content (AvgIpc) is 2.84. The van der Waals surface area contributed by atoms with E-state index in [1.165, 1.54) is 5.56 Å². The van der Waals surface area contributed by atoms with Gasteiger partial charge in [-0.2, -0.15) is 0 Å². The molecule has 1 fully saturated rings. The van der Waals surface area contributed by atoms with Crippen LogP contribution in [-0.2, 0) is 0 Å². The van der Waals surface area contributed by atoms with Crippen molar-refractivity contribution in [3.8, 4) is 11.3 Å². The van der Waals surface area contributed by atoms with E-state index in [0.717, 1.165) is 43.0 Å². The van der Waals surface area contributed by atoms with Gasteiger partial charge in [0.2, 0.25) is 0 Å². The van der Waals surface area contributed by atoms with Crippen molar-refractivity contribution in [3.63, 3.8) is 0 Å². The Labute approximate surface area is 187 Å². The van der Waals surface area contributed by atoms with Crippen LogP contribution < -0.4 is 4.90 Å². The van der Waals surface area contributed by atoms with Crippen LogP contribution in [0.15, 0.2) is 72.8 Å². The van der Waals surface area contributed by atoms with Crippen molar-refractivity contribution < 1.29 is 9.90 Å². The first-order chi connectivity index (χ1) is 15.6. The van der Waals surface area contributed by atoms with Crippen molar-refractivity contribution >= 4 is 22.8 Å². The fourth-order valence-electron chi connectivity index (χ4n) is 4.64. The van der Waals surface area contributed by atoms with Gasteiger partial charge in [0.05, 0.1) is 16.6 Å². The van der Waals surface area contributed by atoms with Gasteiger partial charge in [0.25, 0.3) is 0 Å². The van der Waals surface area contributed by atoms with Crippen LogP contribution in [0.2, 0.25) is 0 Å². The molecule has 0 amide bonds. The van der Waals surface area contributed by atoms with Crippen molar-refractivity contribution in [2.45, 2.75) is 25.7 Å². The van der Waals surface area contributed by atoms with Gasteiger partial charge >= 0.3 is 5.97 Å². The predicted octanol–water partition coefficient (Wildman–Crippen LogP) is 5.69. The van der Waals surface area contributed by atoms with E-state index in [9.17, 15) is 9.90 Å². The van der Waals surface area contributed by atoms with E-state index in [1.54, 1.807) is 12.1 Å². The van der Waals surface area contributed by atoms with E-state index >= 15 is 0 Å². The predicted molar refractivity (Wildman–Crippen MR) is 127 cm³/mol. The quantitative estimate of drug-likeness (QED) is 0.457. The molecular weight excluding hydrogens is 398 g/mol. The molecule has 5 rings (SSSR count). The Morgan fingerprint density at radius 1 is 0.906 bits per heavy atom. The normalized spacial score (nSPS) is 14.6. The van der Waals surface area contributed by atoms with Crippen molar-refractivity contribution in [1.29, 1.82) is 0 Å². The number of rotatable bonds is 4. The summed E-state index contributed by atoms with van der Waals surface area (Å²) >= 11 is 0. The van der Waals surface area contributed by atoms with E-state index in [2.05, 4.69) is 47.4 Å². The zero-order valence-electron chi connectivity index (χ0n) is 18.0. The highest BCUT2D eigenvalue weighted by Crippen LogP contribution is 2.35. The molecule has 1 saturated heterocycles. The largest absolute Gasteiger partial charge is 0.478 e. The molecule has 0 unspecified atom stereocenters. The number of aryl methyl sites for hydroxylation is 1. The standard InChI is InChI=1S/C27H25N3O2/c1-18-22(27(31)32)12-13-23-24(18)29-26(25(28-23)21-10-6-3-7-11-21)30-16-14-20(15-17-30)19-8-4-2-5-9-19/h2-13,20H,14-17H2,1H3,(H,31,32). The van der Waals surface area contributed by atoms with Crippen LogP contribution in [0.3, 0.4) is 0 Å². The first-order valence-corrected chi connectivity index (χ1v) is 11.0. The molecule has 2 heterocycles. The summed E-state index contributed by atoms with van der Waals surface area (Å²) in [6, 6.07) is 24.2. The third-order valence-corrected chi connectivity index (χ3v) is 6.41. The first-order valence-electron chi connectivity index (χ1n) is 11.0. The van der Waals surface area contributed by atoms with Crippen molar-refractivity contribution in [3.05, 3.63) is 89.5 Å². The first kappa shape index (κ1) is 20.2. The molecule has 5 heteroatoms. The number of piperidine rings is 1. The molecule has 3 aromatic carbocycles. The Balaban J connectivity index is 1.57. The molecule has 5 nitrogen and oxygen atoms in total. The van der Waals surface area contributed by atoms with Gasteiger partial charge in [-0.15, -0.1) is 0 Å². The Kier molecular flexibility index (Phi) is 5.31. The summed E-state index contributed by atoms with van der Waals surface area (Å²) in [5, 5.41) is 9.55. The van der Waals surface area contributed by atoms with E-state index in [4.69, 9.17) is 9.97 Å². The third-order valence-electron chi connectivity index (χ3n) is 6.41. The van der Waals surface area contributed by atoms with Gasteiger partial charge in [-0.3, -0.25) is 0 Å². The number of nitrogens with zero attached hydrogens (tertiary/aromatic N) is 3. The second-order valence-corrected chi connectivity index (χ2v) is 8.34. The van der Waals surface area contributed by atoms with E-state index < -0.39 is 5.97 Å². The topological polar surface area (TPSA) is 66.3 Å². The second-order valence-electron chi connectivity index (χ2n) is 8.34. The number of aromatic nitrogens is 2. The van der Waals surface area contributed by atoms with Gasteiger partial charge in [0.1, 0.15) is 5.69 Å². The fourth-order valence-corrected chi connectivity index (χ4v) is 4.64. The molecule has 4 aromatic rings. The highest BCUT2D eigenvalue weighted by Gasteiger charge is 2.25. The summed E-state index contributed by atoms with van der Waals surface area (Å²) in [5.41, 5.74) is 5.55. The SMILES string of the molecule is Cc1c(C(=O)O)ccc2nc(-c3ccccc3)c(N3CCC(c4ccccc4)CC3)nc12. The lowest BCUT2D eigenvalue weighted by Gasteiger charge is -2.34. The maximum Gasteiger partial charge on any atom is 0.336 e. The second kappa shape index (κ2) is 8.42. The van der Waals surface area contributed by atoms with Gasteiger partial charge in [0, 0.05) is 18.7 Å². The van der Waals surface area contributed by atoms with Crippen LogP contribution in [0.5, 0.6) is 0 Å². The lowest BCUT2D eigenvalue weighted by atomic mass is 9.89. The highest BCUT2D eigenvalue weighted by molar-refractivity contribution is 5.96. The number of carboxylic acid groups (broad SMARTS) is 1. The lowest BCUT2D eigenvalue weighted by Crippen LogP contribution is -2.34. The number of hydrogen-bond donors (Lipinski definition) is 1. The summed E-state index contributed by atoms with van der Waals surface area (Å²) in [5.74, 6) is 0.436. The number of carboxylic acids is 1. The minimum Gasteiger partial charge on any atom is -0.478 e. The zero-order chi connectivity index (χ0) is 22.1. The van der Waals surface area contributed by atoms with Gasteiger partial charge in [0.15, 0.2) is 5.82 Å². The molecule has 160 valence electrons. The van der Waals surface area contributed by atoms with Gasteiger partial charge in [-0.05, 0) is 48.9 Å². The molecule has 0 atom stereocenters. The summed E-state index contributed by atoms with van der Waals surface area (Å²) in [6.45, 7) is 3.59. The molecule has 1 aliphatic heterocycles. The minimum absolute atomic E-state index is 0.271. The third kappa shape index (κ3) is 3.71. The molecule has 1 aliphatic rings. The van der Waals surface area contributed by atoms with Crippen molar-refractivity contribution in [1.82, 2.24) is 9.97 Å². The van der Waals surface area contributed by atoms with Crippen molar-refractivity contribution in [2.24, 2.45) is 0 Å². The minimum atomic E-state index is -0.941. The van der Waals surface area contributed by atoms with Crippen LogP contribution >= 0.6 is 0 Å². The van der Waals surface area contributed by atoms with Crippen LogP contribution in [0.25, 0.3) is 22.3 Å². The highest BCUT2D eigenvalue weighted by atomic mass is 16.4. The summed E-state index contributed by atoms with van der Waals surface area (Å²) in [6.07, 6.45) is 2.10. The van der Waals surface area contributed by atoms with Gasteiger partial charge in [-0.1, -0.05) is 60.7 Å². The number of anilines is 1. The number of aromatic carboxylic acids is 1. The Hall–Kier alpha value is -3.73. The van der Waals surface area contributed by atoms with E-state index in [-0.39, 0.29) is 5.56 Å². The number of fused-ring (bicyclic) bond motifs is 1. The monoisotopic (exact) mass is 423 g/mol. The van der Waals surface area contributed by atoms with Crippen LogP contribution in [0, 0.1) is 6.92 Å². The summed E-state index contributed by atoms with van der Waals surface area (Å²) < 4.78 is 0. The molecule has 0 spiro atoms. The van der Waals surface area contributed by atoms with Crippen LogP contribution in [-0.4, -0.2) is 34.1 Å². The molecule has 32 heavy (non-hydrogen) atoms. The Bertz CT molecular complexity index is 1260. The molecule has 0 bridgehead atoms. The molecule has 0 radical (unpaired) electrons. The summed E-state index contributed by atoms with van der Waals surface area (Å²) in [4.78, 5) is 23.9.